The number of rotatable bonds is 3. The van der Waals surface area contributed by atoms with Crippen molar-refractivity contribution in [2.75, 3.05) is 32.7 Å². The van der Waals surface area contributed by atoms with E-state index in [0.29, 0.717) is 0 Å². The summed E-state index contributed by atoms with van der Waals surface area (Å²) in [7, 11) is 0. The third-order valence-corrected chi connectivity index (χ3v) is 4.61. The minimum atomic E-state index is 0.872. The Morgan fingerprint density at radius 2 is 2.11 bits per heavy atom. The number of thiophene rings is 1. The lowest BCUT2D eigenvalue weighted by atomic mass is 10.3. The average molecular weight is 304 g/mol. The summed E-state index contributed by atoms with van der Waals surface area (Å²) in [6, 6.07) is 4.08. The van der Waals surface area contributed by atoms with E-state index < -0.39 is 0 Å². The molecule has 18 heavy (non-hydrogen) atoms. The van der Waals surface area contributed by atoms with Crippen LogP contribution in [0.3, 0.4) is 0 Å². The van der Waals surface area contributed by atoms with Gasteiger partial charge in [0.15, 0.2) is 5.11 Å². The van der Waals surface area contributed by atoms with E-state index in [2.05, 4.69) is 28.1 Å². The molecular formula is C12H18ClN3S2. The van der Waals surface area contributed by atoms with Gasteiger partial charge < -0.3 is 10.2 Å². The standard InChI is InChI=1S/C12H18ClN3S2/c1-2-14-12(17)16-7-5-15(6-8-16)9-10-3-4-11(13)18-10/h3-4H,2,5-9H2,1H3,(H,14,17). The molecule has 0 aromatic carbocycles. The van der Waals surface area contributed by atoms with Crippen LogP contribution in [0.25, 0.3) is 0 Å². The number of piperazine rings is 1. The van der Waals surface area contributed by atoms with Gasteiger partial charge in [0.05, 0.1) is 4.34 Å². The van der Waals surface area contributed by atoms with Crippen molar-refractivity contribution >= 4 is 40.3 Å². The van der Waals surface area contributed by atoms with Crippen LogP contribution in [0, 0.1) is 0 Å². The van der Waals surface area contributed by atoms with Crippen molar-refractivity contribution in [3.8, 4) is 0 Å². The van der Waals surface area contributed by atoms with Crippen molar-refractivity contribution in [2.45, 2.75) is 13.5 Å². The fraction of sp³-hybridized carbons (Fsp3) is 0.583. The third kappa shape index (κ3) is 3.82. The minimum absolute atomic E-state index is 0.872. The monoisotopic (exact) mass is 303 g/mol. The Bertz CT molecular complexity index is 400. The van der Waals surface area contributed by atoms with Crippen LogP contribution >= 0.6 is 35.2 Å². The predicted molar refractivity (Wildman–Crippen MR) is 82.5 cm³/mol. The first-order valence-electron chi connectivity index (χ1n) is 6.18. The van der Waals surface area contributed by atoms with Gasteiger partial charge in [-0.2, -0.15) is 0 Å². The SMILES string of the molecule is CCNC(=S)N1CCN(Cc2ccc(Cl)s2)CC1. The Labute approximate surface area is 123 Å². The fourth-order valence-electron chi connectivity index (χ4n) is 2.03. The lowest BCUT2D eigenvalue weighted by molar-refractivity contribution is 0.176. The highest BCUT2D eigenvalue weighted by Crippen LogP contribution is 2.23. The molecule has 1 aromatic heterocycles. The number of thiocarbonyl (C=S) groups is 1. The second-order valence-corrected chi connectivity index (χ2v) is 6.49. The molecular weight excluding hydrogens is 286 g/mol. The second-order valence-electron chi connectivity index (χ2n) is 4.30. The van der Waals surface area contributed by atoms with Gasteiger partial charge in [0.25, 0.3) is 0 Å². The molecule has 0 atom stereocenters. The summed E-state index contributed by atoms with van der Waals surface area (Å²) >= 11 is 12.9. The molecule has 1 fully saturated rings. The highest BCUT2D eigenvalue weighted by Gasteiger charge is 2.18. The average Bonchev–Trinajstić information content (AvgIpc) is 2.76. The van der Waals surface area contributed by atoms with E-state index in [-0.39, 0.29) is 0 Å². The van der Waals surface area contributed by atoms with Crippen molar-refractivity contribution in [1.29, 1.82) is 0 Å². The van der Waals surface area contributed by atoms with Crippen molar-refractivity contribution in [3.05, 3.63) is 21.3 Å². The highest BCUT2D eigenvalue weighted by molar-refractivity contribution is 7.80. The molecule has 100 valence electrons. The molecule has 0 radical (unpaired) electrons. The first-order chi connectivity index (χ1) is 8.69. The van der Waals surface area contributed by atoms with Crippen LogP contribution in [0.15, 0.2) is 12.1 Å². The van der Waals surface area contributed by atoms with Crippen LogP contribution in [0.5, 0.6) is 0 Å². The molecule has 1 aliphatic heterocycles. The minimum Gasteiger partial charge on any atom is -0.363 e. The smallest absolute Gasteiger partial charge is 0.169 e. The van der Waals surface area contributed by atoms with Gasteiger partial charge in [-0.1, -0.05) is 11.6 Å². The van der Waals surface area contributed by atoms with Crippen molar-refractivity contribution in [1.82, 2.24) is 15.1 Å². The van der Waals surface area contributed by atoms with Crippen molar-refractivity contribution in [2.24, 2.45) is 0 Å². The number of halogens is 1. The lowest BCUT2D eigenvalue weighted by Gasteiger charge is -2.35. The molecule has 0 amide bonds. The van der Waals surface area contributed by atoms with Gasteiger partial charge >= 0.3 is 0 Å². The summed E-state index contributed by atoms with van der Waals surface area (Å²) in [6.07, 6.45) is 0. The molecule has 0 spiro atoms. The Hall–Kier alpha value is -0.360. The maximum absolute atomic E-state index is 5.94. The number of hydrogen-bond donors (Lipinski definition) is 1. The molecule has 3 nitrogen and oxygen atoms in total. The third-order valence-electron chi connectivity index (χ3n) is 3.00. The van der Waals surface area contributed by atoms with Gasteiger partial charge in [-0.3, -0.25) is 4.90 Å². The molecule has 2 rings (SSSR count). The van der Waals surface area contributed by atoms with Crippen LogP contribution in [-0.4, -0.2) is 47.6 Å². The van der Waals surface area contributed by atoms with Gasteiger partial charge in [-0.05, 0) is 31.3 Å². The zero-order chi connectivity index (χ0) is 13.0. The molecule has 0 saturated carbocycles. The van der Waals surface area contributed by atoms with Crippen molar-refractivity contribution in [3.63, 3.8) is 0 Å². The first-order valence-corrected chi connectivity index (χ1v) is 7.78. The maximum atomic E-state index is 5.94. The van der Waals surface area contributed by atoms with Gasteiger partial charge in [0.2, 0.25) is 0 Å². The van der Waals surface area contributed by atoms with E-state index in [1.165, 1.54) is 4.88 Å². The van der Waals surface area contributed by atoms with Crippen LogP contribution < -0.4 is 5.32 Å². The Morgan fingerprint density at radius 1 is 1.39 bits per heavy atom. The van der Waals surface area contributed by atoms with Gasteiger partial charge in [0, 0.05) is 44.1 Å². The highest BCUT2D eigenvalue weighted by atomic mass is 35.5. The molecule has 0 bridgehead atoms. The van der Waals surface area contributed by atoms with E-state index in [0.717, 1.165) is 48.7 Å². The molecule has 6 heteroatoms. The van der Waals surface area contributed by atoms with E-state index >= 15 is 0 Å². The normalized spacial score (nSPS) is 16.9. The van der Waals surface area contributed by atoms with E-state index in [1.807, 2.05) is 6.07 Å². The molecule has 2 heterocycles. The quantitative estimate of drug-likeness (QED) is 0.864. The Morgan fingerprint density at radius 3 is 2.67 bits per heavy atom. The summed E-state index contributed by atoms with van der Waals surface area (Å²) in [6.45, 7) is 8.09. The fourth-order valence-corrected chi connectivity index (χ4v) is 3.49. The van der Waals surface area contributed by atoms with Crippen LogP contribution in [0.2, 0.25) is 4.34 Å². The predicted octanol–water partition coefficient (Wildman–Crippen LogP) is 2.41. The van der Waals surface area contributed by atoms with Crippen LogP contribution in [-0.2, 0) is 6.54 Å². The van der Waals surface area contributed by atoms with Crippen LogP contribution in [0.1, 0.15) is 11.8 Å². The zero-order valence-electron chi connectivity index (χ0n) is 10.5. The van der Waals surface area contributed by atoms with Crippen molar-refractivity contribution < 1.29 is 0 Å². The molecule has 1 aromatic rings. The topological polar surface area (TPSA) is 18.5 Å². The summed E-state index contributed by atoms with van der Waals surface area (Å²) < 4.78 is 0.872. The zero-order valence-corrected chi connectivity index (χ0v) is 12.9. The first kappa shape index (κ1) is 14.1. The van der Waals surface area contributed by atoms with Gasteiger partial charge in [-0.15, -0.1) is 11.3 Å². The summed E-state index contributed by atoms with van der Waals surface area (Å²) in [5.74, 6) is 0. The number of hydrogen-bond acceptors (Lipinski definition) is 3. The lowest BCUT2D eigenvalue weighted by Crippen LogP contribution is -2.51. The number of nitrogens with one attached hydrogen (secondary N) is 1. The summed E-state index contributed by atoms with van der Waals surface area (Å²) in [5.41, 5.74) is 0. The Kier molecular flexibility index (Phi) is 5.24. The second kappa shape index (κ2) is 6.70. The van der Waals surface area contributed by atoms with Gasteiger partial charge in [-0.25, -0.2) is 0 Å². The summed E-state index contributed by atoms with van der Waals surface area (Å²) in [5, 5.41) is 4.09. The number of nitrogens with zero attached hydrogens (tertiary/aromatic N) is 2. The molecule has 0 aliphatic carbocycles. The summed E-state index contributed by atoms with van der Waals surface area (Å²) in [4.78, 5) is 6.03. The maximum Gasteiger partial charge on any atom is 0.169 e. The largest absolute Gasteiger partial charge is 0.363 e. The molecule has 1 aliphatic rings. The van der Waals surface area contributed by atoms with E-state index in [4.69, 9.17) is 23.8 Å². The van der Waals surface area contributed by atoms with E-state index in [9.17, 15) is 0 Å². The molecule has 0 unspecified atom stereocenters. The van der Waals surface area contributed by atoms with Crippen LogP contribution in [0.4, 0.5) is 0 Å². The van der Waals surface area contributed by atoms with E-state index in [1.54, 1.807) is 11.3 Å². The molecule has 1 saturated heterocycles. The van der Waals surface area contributed by atoms with Gasteiger partial charge in [0.1, 0.15) is 0 Å². The molecule has 1 N–H and O–H groups in total. The Balaban J connectivity index is 1.78.